The lowest BCUT2D eigenvalue weighted by molar-refractivity contribution is -0.138. The van der Waals surface area contributed by atoms with E-state index in [4.69, 9.17) is 18.9 Å². The molecule has 0 radical (unpaired) electrons. The average Bonchev–Trinajstić information content (AvgIpc) is 2.66. The van der Waals surface area contributed by atoms with Crippen LogP contribution in [-0.4, -0.2) is 39.9 Å². The molecule has 0 saturated carbocycles. The molecule has 1 aliphatic rings. The van der Waals surface area contributed by atoms with E-state index in [1.54, 1.807) is 31.2 Å². The predicted molar refractivity (Wildman–Crippen MR) is 99.0 cm³/mol. The normalized spacial score (nSPS) is 16.6. The number of benzene rings is 1. The third-order valence-electron chi connectivity index (χ3n) is 4.06. The van der Waals surface area contributed by atoms with Gasteiger partial charge in [-0.25, -0.2) is 9.59 Å². The number of hydrogen-bond acceptors (Lipinski definition) is 6. The van der Waals surface area contributed by atoms with Crippen LogP contribution in [0, 0.1) is 0 Å². The van der Waals surface area contributed by atoms with E-state index in [2.05, 4.69) is 10.6 Å². The Labute approximate surface area is 158 Å². The molecule has 0 saturated heterocycles. The standard InChI is InChI=1S/C19H24N2O6/c1-6-7-8-27-18(22)15-11(2)20-19(23)21-16(15)12-9-13(24-3)17(26-5)14(10-12)25-4/h6-7,9-10,16H,8H2,1-5H3,(H2,20,21,23)/b7-6+/t16-/m0/s1. The van der Waals surface area contributed by atoms with Crippen molar-refractivity contribution < 1.29 is 28.5 Å². The molecule has 0 bridgehead atoms. The molecule has 1 aromatic carbocycles. The summed E-state index contributed by atoms with van der Waals surface area (Å²) in [5.74, 6) is 0.719. The first-order chi connectivity index (χ1) is 13.0. The van der Waals surface area contributed by atoms with Crippen LogP contribution in [0.3, 0.4) is 0 Å². The van der Waals surface area contributed by atoms with Crippen molar-refractivity contribution in [2.45, 2.75) is 19.9 Å². The van der Waals surface area contributed by atoms with Crippen LogP contribution < -0.4 is 24.8 Å². The van der Waals surface area contributed by atoms with E-state index in [1.807, 2.05) is 6.92 Å². The van der Waals surface area contributed by atoms with Gasteiger partial charge in [0.15, 0.2) is 11.5 Å². The maximum atomic E-state index is 12.6. The molecule has 0 unspecified atom stereocenters. The molecule has 146 valence electrons. The molecule has 2 amide bonds. The fraction of sp³-hybridized carbons (Fsp3) is 0.368. The van der Waals surface area contributed by atoms with E-state index in [0.717, 1.165) is 0 Å². The minimum Gasteiger partial charge on any atom is -0.493 e. The van der Waals surface area contributed by atoms with Crippen LogP contribution in [0.2, 0.25) is 0 Å². The van der Waals surface area contributed by atoms with Crippen molar-refractivity contribution in [2.75, 3.05) is 27.9 Å². The van der Waals surface area contributed by atoms with Crippen molar-refractivity contribution in [1.29, 1.82) is 0 Å². The fourth-order valence-electron chi connectivity index (χ4n) is 2.78. The lowest BCUT2D eigenvalue weighted by Gasteiger charge is -2.28. The largest absolute Gasteiger partial charge is 0.493 e. The summed E-state index contributed by atoms with van der Waals surface area (Å²) < 4.78 is 21.3. The number of nitrogens with one attached hydrogen (secondary N) is 2. The van der Waals surface area contributed by atoms with Gasteiger partial charge in [-0.2, -0.15) is 0 Å². The van der Waals surface area contributed by atoms with Gasteiger partial charge in [-0.1, -0.05) is 12.2 Å². The summed E-state index contributed by atoms with van der Waals surface area (Å²) in [6, 6.07) is 2.22. The topological polar surface area (TPSA) is 95.1 Å². The number of carbonyl (C=O) groups excluding carboxylic acids is 2. The number of esters is 1. The Balaban J connectivity index is 2.51. The zero-order chi connectivity index (χ0) is 20.0. The zero-order valence-corrected chi connectivity index (χ0v) is 16.0. The van der Waals surface area contributed by atoms with Gasteiger partial charge in [-0.15, -0.1) is 0 Å². The minimum absolute atomic E-state index is 0.141. The summed E-state index contributed by atoms with van der Waals surface area (Å²) in [5.41, 5.74) is 1.31. The highest BCUT2D eigenvalue weighted by Gasteiger charge is 2.33. The second kappa shape index (κ2) is 8.98. The van der Waals surface area contributed by atoms with Gasteiger partial charge in [-0.05, 0) is 31.5 Å². The molecule has 1 heterocycles. The van der Waals surface area contributed by atoms with Crippen LogP contribution in [0.25, 0.3) is 0 Å². The van der Waals surface area contributed by atoms with Gasteiger partial charge in [0.25, 0.3) is 0 Å². The summed E-state index contributed by atoms with van der Waals surface area (Å²) in [4.78, 5) is 24.6. The van der Waals surface area contributed by atoms with Crippen LogP contribution in [0.5, 0.6) is 17.2 Å². The molecule has 8 heteroatoms. The molecule has 1 aromatic rings. The molecule has 0 aliphatic carbocycles. The summed E-state index contributed by atoms with van der Waals surface area (Å²) in [6.07, 6.45) is 3.50. The van der Waals surface area contributed by atoms with E-state index in [0.29, 0.717) is 34.1 Å². The summed E-state index contributed by atoms with van der Waals surface area (Å²) in [6.45, 7) is 3.62. The third-order valence-corrected chi connectivity index (χ3v) is 4.06. The number of rotatable bonds is 7. The quantitative estimate of drug-likeness (QED) is 0.561. The van der Waals surface area contributed by atoms with Gasteiger partial charge in [0, 0.05) is 5.70 Å². The Morgan fingerprint density at radius 2 is 1.78 bits per heavy atom. The molecule has 27 heavy (non-hydrogen) atoms. The number of amides is 2. The van der Waals surface area contributed by atoms with Crippen LogP contribution in [0.15, 0.2) is 35.6 Å². The number of carbonyl (C=O) groups is 2. The molecule has 2 N–H and O–H groups in total. The van der Waals surface area contributed by atoms with Crippen molar-refractivity contribution in [3.8, 4) is 17.2 Å². The van der Waals surface area contributed by atoms with Crippen molar-refractivity contribution in [3.63, 3.8) is 0 Å². The second-order valence-electron chi connectivity index (χ2n) is 5.70. The zero-order valence-electron chi connectivity index (χ0n) is 16.0. The number of allylic oxidation sites excluding steroid dienone is 2. The van der Waals surface area contributed by atoms with Crippen LogP contribution >= 0.6 is 0 Å². The molecule has 0 spiro atoms. The summed E-state index contributed by atoms with van der Waals surface area (Å²) in [5, 5.41) is 5.35. The van der Waals surface area contributed by atoms with Crippen molar-refractivity contribution in [3.05, 3.63) is 41.1 Å². The summed E-state index contributed by atoms with van der Waals surface area (Å²) in [7, 11) is 4.49. The van der Waals surface area contributed by atoms with Crippen LogP contribution in [-0.2, 0) is 9.53 Å². The molecule has 1 atom stereocenters. The molecular weight excluding hydrogens is 352 g/mol. The number of methoxy groups -OCH3 is 3. The predicted octanol–water partition coefficient (Wildman–Crippen LogP) is 2.46. The Morgan fingerprint density at radius 1 is 1.15 bits per heavy atom. The number of ether oxygens (including phenoxy) is 4. The Morgan fingerprint density at radius 3 is 2.30 bits per heavy atom. The van der Waals surface area contributed by atoms with E-state index >= 15 is 0 Å². The first kappa shape index (κ1) is 20.2. The highest BCUT2D eigenvalue weighted by atomic mass is 16.5. The monoisotopic (exact) mass is 376 g/mol. The van der Waals surface area contributed by atoms with Crippen molar-refractivity contribution in [2.24, 2.45) is 0 Å². The lowest BCUT2D eigenvalue weighted by Crippen LogP contribution is -2.45. The molecule has 0 aromatic heterocycles. The van der Waals surface area contributed by atoms with Gasteiger partial charge in [0.1, 0.15) is 6.61 Å². The van der Waals surface area contributed by atoms with Gasteiger partial charge in [-0.3, -0.25) is 0 Å². The summed E-state index contributed by atoms with van der Waals surface area (Å²) >= 11 is 0. The highest BCUT2D eigenvalue weighted by Crippen LogP contribution is 2.41. The van der Waals surface area contributed by atoms with Gasteiger partial charge in [0.05, 0.1) is 32.9 Å². The molecular formula is C19H24N2O6. The highest BCUT2D eigenvalue weighted by molar-refractivity contribution is 5.95. The molecule has 2 rings (SSSR count). The van der Waals surface area contributed by atoms with Gasteiger partial charge < -0.3 is 29.6 Å². The second-order valence-corrected chi connectivity index (χ2v) is 5.70. The Bertz CT molecular complexity index is 759. The molecule has 1 aliphatic heterocycles. The Hall–Kier alpha value is -3.16. The van der Waals surface area contributed by atoms with E-state index in [9.17, 15) is 9.59 Å². The lowest BCUT2D eigenvalue weighted by atomic mass is 9.95. The maximum Gasteiger partial charge on any atom is 0.338 e. The molecule has 8 nitrogen and oxygen atoms in total. The number of hydrogen-bond donors (Lipinski definition) is 2. The van der Waals surface area contributed by atoms with Gasteiger partial charge >= 0.3 is 12.0 Å². The number of urea groups is 1. The van der Waals surface area contributed by atoms with E-state index < -0.39 is 18.0 Å². The fourth-order valence-corrected chi connectivity index (χ4v) is 2.78. The van der Waals surface area contributed by atoms with E-state index in [1.165, 1.54) is 21.3 Å². The minimum atomic E-state index is -0.731. The molecule has 0 fully saturated rings. The van der Waals surface area contributed by atoms with Crippen molar-refractivity contribution in [1.82, 2.24) is 10.6 Å². The van der Waals surface area contributed by atoms with Gasteiger partial charge in [0.2, 0.25) is 5.75 Å². The van der Waals surface area contributed by atoms with Crippen LogP contribution in [0.1, 0.15) is 25.5 Å². The average molecular weight is 376 g/mol. The smallest absolute Gasteiger partial charge is 0.338 e. The first-order valence-electron chi connectivity index (χ1n) is 8.33. The van der Waals surface area contributed by atoms with E-state index in [-0.39, 0.29) is 6.61 Å². The SMILES string of the molecule is C/C=C/COC(=O)C1=C(C)NC(=O)N[C@H]1c1cc(OC)c(OC)c(OC)c1. The Kier molecular flexibility index (Phi) is 6.70. The maximum absolute atomic E-state index is 12.6. The van der Waals surface area contributed by atoms with Crippen LogP contribution in [0.4, 0.5) is 4.79 Å². The van der Waals surface area contributed by atoms with Crippen molar-refractivity contribution >= 4 is 12.0 Å². The first-order valence-corrected chi connectivity index (χ1v) is 8.33. The third kappa shape index (κ3) is 4.33.